The van der Waals surface area contributed by atoms with Crippen LogP contribution in [-0.4, -0.2) is 33.9 Å². The van der Waals surface area contributed by atoms with Crippen LogP contribution in [0.25, 0.3) is 0 Å². The number of aryl methyl sites for hydroxylation is 1. The van der Waals surface area contributed by atoms with Crippen LogP contribution in [0.15, 0.2) is 24.7 Å². The van der Waals surface area contributed by atoms with Crippen molar-refractivity contribution in [2.75, 3.05) is 18.4 Å². The lowest BCUT2D eigenvalue weighted by Gasteiger charge is -2.15. The average Bonchev–Trinajstić information content (AvgIpc) is 3.11. The normalized spacial score (nSPS) is 18.3. The Morgan fingerprint density at radius 1 is 1.48 bits per heavy atom. The van der Waals surface area contributed by atoms with Gasteiger partial charge in [0, 0.05) is 43.5 Å². The monoisotopic (exact) mass is 330 g/mol. The Bertz CT molecular complexity index is 685. The molecule has 1 aliphatic heterocycles. The molecule has 3 rings (SSSR count). The molecule has 1 saturated heterocycles. The van der Waals surface area contributed by atoms with Crippen LogP contribution in [0.4, 0.5) is 5.13 Å². The molecule has 1 fully saturated rings. The van der Waals surface area contributed by atoms with Crippen molar-refractivity contribution in [3.05, 3.63) is 40.7 Å². The quantitative estimate of drug-likeness (QED) is 0.916. The zero-order valence-electron chi connectivity index (χ0n) is 13.6. The summed E-state index contributed by atoms with van der Waals surface area (Å²) in [6, 6.07) is 2.14. The van der Waals surface area contributed by atoms with E-state index < -0.39 is 0 Å². The molecule has 0 spiro atoms. The van der Waals surface area contributed by atoms with E-state index >= 15 is 0 Å². The molecule has 1 aliphatic rings. The van der Waals surface area contributed by atoms with Crippen LogP contribution in [0, 0.1) is 12.8 Å². The Labute approximate surface area is 140 Å². The van der Waals surface area contributed by atoms with Gasteiger partial charge in [0.15, 0.2) is 5.13 Å². The van der Waals surface area contributed by atoms with E-state index in [1.165, 1.54) is 29.3 Å². The van der Waals surface area contributed by atoms with Crippen molar-refractivity contribution in [2.45, 2.75) is 33.2 Å². The fourth-order valence-electron chi connectivity index (χ4n) is 3.07. The Morgan fingerprint density at radius 2 is 2.35 bits per heavy atom. The highest BCUT2D eigenvalue weighted by Crippen LogP contribution is 2.26. The fourth-order valence-corrected chi connectivity index (χ4v) is 3.98. The standard InChI is InChI=1S/C17H22N4OS/c1-12-8-18-5-3-15(12)7-14-4-6-21(10-14)11-16-9-19-17(23-16)20-13(2)22/h3,5,8-9,14H,4,6-7,10-11H2,1-2H3,(H,19,20,22). The lowest BCUT2D eigenvalue weighted by molar-refractivity contribution is -0.114. The number of nitrogens with zero attached hydrogens (tertiary/aromatic N) is 3. The summed E-state index contributed by atoms with van der Waals surface area (Å²) in [6.07, 6.45) is 8.07. The highest BCUT2D eigenvalue weighted by Gasteiger charge is 2.23. The Hall–Kier alpha value is -1.79. The van der Waals surface area contributed by atoms with Gasteiger partial charge in [0.1, 0.15) is 0 Å². The lowest BCUT2D eigenvalue weighted by atomic mass is 9.97. The van der Waals surface area contributed by atoms with Crippen molar-refractivity contribution >= 4 is 22.4 Å². The zero-order valence-corrected chi connectivity index (χ0v) is 14.4. The second-order valence-corrected chi connectivity index (χ2v) is 7.32. The summed E-state index contributed by atoms with van der Waals surface area (Å²) >= 11 is 1.56. The van der Waals surface area contributed by atoms with Gasteiger partial charge >= 0.3 is 0 Å². The topological polar surface area (TPSA) is 58.1 Å². The maximum Gasteiger partial charge on any atom is 0.223 e. The van der Waals surface area contributed by atoms with E-state index in [-0.39, 0.29) is 5.91 Å². The summed E-state index contributed by atoms with van der Waals surface area (Å²) in [5.74, 6) is 0.638. The first kappa shape index (κ1) is 16.1. The van der Waals surface area contributed by atoms with E-state index in [0.29, 0.717) is 11.0 Å². The minimum atomic E-state index is -0.0696. The molecule has 2 aromatic heterocycles. The fraction of sp³-hybridized carbons (Fsp3) is 0.471. The number of rotatable bonds is 5. The van der Waals surface area contributed by atoms with E-state index in [4.69, 9.17) is 0 Å². The SMILES string of the molecule is CC(=O)Nc1ncc(CN2CCC(Cc3ccncc3C)C2)s1. The first-order valence-electron chi connectivity index (χ1n) is 7.94. The van der Waals surface area contributed by atoms with Gasteiger partial charge in [-0.05, 0) is 49.4 Å². The van der Waals surface area contributed by atoms with Crippen LogP contribution in [0.3, 0.4) is 0 Å². The Kier molecular flexibility index (Phi) is 5.03. The van der Waals surface area contributed by atoms with Crippen LogP contribution in [0.1, 0.15) is 29.3 Å². The van der Waals surface area contributed by atoms with Gasteiger partial charge in [0.2, 0.25) is 5.91 Å². The van der Waals surface area contributed by atoms with E-state index in [1.807, 2.05) is 18.6 Å². The number of pyridine rings is 1. The number of carbonyl (C=O) groups is 1. The predicted octanol–water partition coefficient (Wildman–Crippen LogP) is 2.87. The van der Waals surface area contributed by atoms with Gasteiger partial charge in [-0.2, -0.15) is 0 Å². The largest absolute Gasteiger partial charge is 0.302 e. The molecule has 0 radical (unpaired) electrons. The Morgan fingerprint density at radius 3 is 3.13 bits per heavy atom. The minimum absolute atomic E-state index is 0.0696. The first-order valence-corrected chi connectivity index (χ1v) is 8.76. The van der Waals surface area contributed by atoms with Crippen LogP contribution in [-0.2, 0) is 17.8 Å². The van der Waals surface area contributed by atoms with Crippen LogP contribution in [0.5, 0.6) is 0 Å². The van der Waals surface area contributed by atoms with Crippen molar-refractivity contribution in [3.8, 4) is 0 Å². The maximum absolute atomic E-state index is 11.1. The number of aromatic nitrogens is 2. The van der Waals surface area contributed by atoms with Crippen molar-refractivity contribution in [1.82, 2.24) is 14.9 Å². The van der Waals surface area contributed by atoms with Gasteiger partial charge in [0.05, 0.1) is 0 Å². The summed E-state index contributed by atoms with van der Waals surface area (Å²) in [5.41, 5.74) is 2.70. The van der Waals surface area contributed by atoms with Crippen LogP contribution < -0.4 is 5.32 Å². The molecule has 0 aromatic carbocycles. The highest BCUT2D eigenvalue weighted by atomic mass is 32.1. The van der Waals surface area contributed by atoms with Crippen molar-refractivity contribution in [3.63, 3.8) is 0 Å². The molecule has 0 saturated carbocycles. The van der Waals surface area contributed by atoms with Crippen molar-refractivity contribution in [1.29, 1.82) is 0 Å². The van der Waals surface area contributed by atoms with Crippen molar-refractivity contribution in [2.24, 2.45) is 5.92 Å². The third kappa shape index (κ3) is 4.36. The van der Waals surface area contributed by atoms with Crippen LogP contribution in [0.2, 0.25) is 0 Å². The highest BCUT2D eigenvalue weighted by molar-refractivity contribution is 7.15. The summed E-state index contributed by atoms with van der Waals surface area (Å²) in [7, 11) is 0. The van der Waals surface area contributed by atoms with Gasteiger partial charge in [-0.15, -0.1) is 11.3 Å². The summed E-state index contributed by atoms with van der Waals surface area (Å²) < 4.78 is 0. The molecule has 1 atom stereocenters. The molecule has 5 nitrogen and oxygen atoms in total. The number of hydrogen-bond acceptors (Lipinski definition) is 5. The molecule has 2 aromatic rings. The van der Waals surface area contributed by atoms with Crippen LogP contribution >= 0.6 is 11.3 Å². The first-order chi connectivity index (χ1) is 11.1. The molecule has 1 unspecified atom stereocenters. The van der Waals surface area contributed by atoms with E-state index in [2.05, 4.69) is 33.2 Å². The third-order valence-corrected chi connectivity index (χ3v) is 5.13. The molecule has 122 valence electrons. The van der Waals surface area contributed by atoms with E-state index in [0.717, 1.165) is 26.1 Å². The molecular formula is C17H22N4OS. The van der Waals surface area contributed by atoms with Gasteiger partial charge in [0.25, 0.3) is 0 Å². The van der Waals surface area contributed by atoms with Gasteiger partial charge in [-0.1, -0.05) is 0 Å². The second kappa shape index (κ2) is 7.19. The maximum atomic E-state index is 11.1. The van der Waals surface area contributed by atoms with Crippen molar-refractivity contribution < 1.29 is 4.79 Å². The van der Waals surface area contributed by atoms with Gasteiger partial charge in [-0.25, -0.2) is 4.98 Å². The molecule has 1 N–H and O–H groups in total. The Balaban J connectivity index is 1.53. The zero-order chi connectivity index (χ0) is 16.2. The molecule has 6 heteroatoms. The number of anilines is 1. The van der Waals surface area contributed by atoms with Gasteiger partial charge in [-0.3, -0.25) is 14.7 Å². The minimum Gasteiger partial charge on any atom is -0.302 e. The third-order valence-electron chi connectivity index (χ3n) is 4.23. The number of amides is 1. The average molecular weight is 330 g/mol. The lowest BCUT2D eigenvalue weighted by Crippen LogP contribution is -2.20. The number of likely N-dealkylation sites (tertiary alicyclic amines) is 1. The summed E-state index contributed by atoms with van der Waals surface area (Å²) in [4.78, 5) is 23.2. The summed E-state index contributed by atoms with van der Waals surface area (Å²) in [6.45, 7) is 6.81. The molecule has 3 heterocycles. The number of nitrogens with one attached hydrogen (secondary N) is 1. The number of carbonyl (C=O) groups excluding carboxylic acids is 1. The molecule has 0 aliphatic carbocycles. The van der Waals surface area contributed by atoms with E-state index in [9.17, 15) is 4.79 Å². The second-order valence-electron chi connectivity index (χ2n) is 6.21. The van der Waals surface area contributed by atoms with E-state index in [1.54, 1.807) is 11.3 Å². The molecule has 1 amide bonds. The molecular weight excluding hydrogens is 308 g/mol. The summed E-state index contributed by atoms with van der Waals surface area (Å²) in [5, 5.41) is 3.43. The number of thiazole rings is 1. The smallest absolute Gasteiger partial charge is 0.223 e. The molecule has 23 heavy (non-hydrogen) atoms. The molecule has 0 bridgehead atoms. The number of hydrogen-bond donors (Lipinski definition) is 1. The van der Waals surface area contributed by atoms with Gasteiger partial charge < -0.3 is 5.32 Å². The predicted molar refractivity (Wildman–Crippen MR) is 92.5 cm³/mol.